The number of aliphatic imine (C=N–C) groups is 1. The Kier molecular flexibility index (Phi) is 2.71. The van der Waals surface area contributed by atoms with Gasteiger partial charge in [-0.25, -0.2) is 4.99 Å². The Morgan fingerprint density at radius 1 is 1.24 bits per heavy atom. The number of nitrogens with one attached hydrogen (secondary N) is 1. The van der Waals surface area contributed by atoms with Crippen LogP contribution in [0, 0.1) is 0 Å². The Balaban J connectivity index is 1.93. The quantitative estimate of drug-likeness (QED) is 0.805. The summed E-state index contributed by atoms with van der Waals surface area (Å²) in [7, 11) is 0. The average molecular weight is 231 g/mol. The number of nitrogens with zero attached hydrogens (tertiary/aromatic N) is 2. The summed E-state index contributed by atoms with van der Waals surface area (Å²) in [6.07, 6.45) is 8.40. The van der Waals surface area contributed by atoms with Gasteiger partial charge in [0.2, 0.25) is 5.56 Å². The fraction of sp³-hybridized carbons (Fsp3) is 0.538. The number of rotatable bonds is 1. The lowest BCUT2D eigenvalue weighted by atomic mass is 9.93. The van der Waals surface area contributed by atoms with Crippen molar-refractivity contribution in [1.82, 2.24) is 4.98 Å². The molecule has 3 rings (SSSR count). The maximum absolute atomic E-state index is 11.3. The number of pyridine rings is 1. The summed E-state index contributed by atoms with van der Waals surface area (Å²) in [4.78, 5) is 20.7. The topological polar surface area (TPSA) is 48.5 Å². The van der Waals surface area contributed by atoms with Gasteiger partial charge in [-0.05, 0) is 18.9 Å². The summed E-state index contributed by atoms with van der Waals surface area (Å²) in [5.41, 5.74) is 1.00. The molecule has 1 N–H and O–H groups in total. The molecule has 0 atom stereocenters. The molecule has 0 radical (unpaired) electrons. The number of H-pyrrole nitrogens is 1. The summed E-state index contributed by atoms with van der Waals surface area (Å²) in [5, 5.41) is 0. The lowest BCUT2D eigenvalue weighted by Gasteiger charge is -2.37. The van der Waals surface area contributed by atoms with Crippen LogP contribution in [-0.4, -0.2) is 23.8 Å². The van der Waals surface area contributed by atoms with Gasteiger partial charge in [0.1, 0.15) is 0 Å². The molecule has 4 heteroatoms. The van der Waals surface area contributed by atoms with Crippen molar-refractivity contribution >= 4 is 17.7 Å². The summed E-state index contributed by atoms with van der Waals surface area (Å²) < 4.78 is 0. The molecule has 2 aliphatic rings. The molecule has 2 heterocycles. The molecule has 0 saturated heterocycles. The zero-order valence-corrected chi connectivity index (χ0v) is 9.85. The zero-order chi connectivity index (χ0) is 11.7. The third-order valence-electron chi connectivity index (χ3n) is 3.70. The number of aromatic amines is 1. The second kappa shape index (κ2) is 4.35. The molecule has 1 aromatic heterocycles. The number of fused-ring (bicyclic) bond motifs is 1. The maximum Gasteiger partial charge on any atom is 0.249 e. The summed E-state index contributed by atoms with van der Waals surface area (Å²) in [6, 6.07) is 4.11. The number of anilines is 1. The molecule has 0 bridgehead atoms. The predicted molar refractivity (Wildman–Crippen MR) is 69.4 cm³/mol. The fourth-order valence-corrected chi connectivity index (χ4v) is 2.84. The van der Waals surface area contributed by atoms with E-state index in [2.05, 4.69) is 14.9 Å². The Labute approximate surface area is 100 Å². The molecule has 1 aromatic rings. The van der Waals surface area contributed by atoms with Crippen molar-refractivity contribution < 1.29 is 0 Å². The van der Waals surface area contributed by atoms with Crippen LogP contribution in [-0.2, 0) is 0 Å². The van der Waals surface area contributed by atoms with Gasteiger partial charge in [-0.2, -0.15) is 0 Å². The van der Waals surface area contributed by atoms with Crippen LogP contribution in [0.5, 0.6) is 0 Å². The van der Waals surface area contributed by atoms with Gasteiger partial charge in [-0.3, -0.25) is 4.79 Å². The van der Waals surface area contributed by atoms with Gasteiger partial charge < -0.3 is 9.88 Å². The molecular formula is C13H17N3O. The van der Waals surface area contributed by atoms with E-state index in [-0.39, 0.29) is 5.56 Å². The molecule has 1 saturated carbocycles. The van der Waals surface area contributed by atoms with E-state index in [1.165, 1.54) is 32.1 Å². The van der Waals surface area contributed by atoms with E-state index >= 15 is 0 Å². The standard InChI is InChI=1S/C13H17N3O/c17-12-7-6-11-13(15-12)14-8-9-16(11)10-4-2-1-3-5-10/h6-8,10H,1-5,9H2,(H,15,17). The monoisotopic (exact) mass is 231 g/mol. The van der Waals surface area contributed by atoms with Crippen molar-refractivity contribution in [2.75, 3.05) is 11.4 Å². The third kappa shape index (κ3) is 1.99. The van der Waals surface area contributed by atoms with Crippen LogP contribution < -0.4 is 10.5 Å². The van der Waals surface area contributed by atoms with Gasteiger partial charge in [-0.15, -0.1) is 0 Å². The van der Waals surface area contributed by atoms with Crippen molar-refractivity contribution in [2.24, 2.45) is 4.99 Å². The van der Waals surface area contributed by atoms with Crippen LogP contribution in [0.25, 0.3) is 0 Å². The van der Waals surface area contributed by atoms with Crippen molar-refractivity contribution in [3.05, 3.63) is 22.5 Å². The molecule has 1 aliphatic heterocycles. The van der Waals surface area contributed by atoms with Crippen LogP contribution in [0.3, 0.4) is 0 Å². The highest BCUT2D eigenvalue weighted by Gasteiger charge is 2.24. The van der Waals surface area contributed by atoms with Gasteiger partial charge in [0.05, 0.1) is 12.2 Å². The van der Waals surface area contributed by atoms with Crippen molar-refractivity contribution in [3.63, 3.8) is 0 Å². The Bertz CT molecular complexity index is 486. The van der Waals surface area contributed by atoms with Crippen LogP contribution in [0.2, 0.25) is 0 Å². The van der Waals surface area contributed by atoms with E-state index in [4.69, 9.17) is 0 Å². The highest BCUT2D eigenvalue weighted by atomic mass is 16.1. The van der Waals surface area contributed by atoms with Crippen molar-refractivity contribution in [1.29, 1.82) is 0 Å². The molecule has 0 amide bonds. The molecule has 17 heavy (non-hydrogen) atoms. The Morgan fingerprint density at radius 2 is 2.06 bits per heavy atom. The van der Waals surface area contributed by atoms with E-state index in [1.54, 1.807) is 6.07 Å². The first-order valence-corrected chi connectivity index (χ1v) is 6.37. The maximum atomic E-state index is 11.3. The minimum Gasteiger partial charge on any atom is -0.360 e. The van der Waals surface area contributed by atoms with E-state index < -0.39 is 0 Å². The van der Waals surface area contributed by atoms with E-state index in [0.29, 0.717) is 11.9 Å². The first-order chi connectivity index (χ1) is 8.34. The smallest absolute Gasteiger partial charge is 0.249 e. The molecule has 90 valence electrons. The molecule has 0 spiro atoms. The summed E-state index contributed by atoms with van der Waals surface area (Å²) >= 11 is 0. The van der Waals surface area contributed by atoms with Gasteiger partial charge >= 0.3 is 0 Å². The van der Waals surface area contributed by atoms with Crippen LogP contribution in [0.4, 0.5) is 11.5 Å². The molecule has 0 unspecified atom stereocenters. The van der Waals surface area contributed by atoms with Crippen LogP contribution in [0.1, 0.15) is 32.1 Å². The lowest BCUT2D eigenvalue weighted by Crippen LogP contribution is -2.39. The minimum atomic E-state index is -0.0774. The highest BCUT2D eigenvalue weighted by molar-refractivity contribution is 5.79. The second-order valence-corrected chi connectivity index (χ2v) is 4.81. The molecular weight excluding hydrogens is 214 g/mol. The fourth-order valence-electron chi connectivity index (χ4n) is 2.84. The van der Waals surface area contributed by atoms with Gasteiger partial charge in [0.25, 0.3) is 0 Å². The SMILES string of the molecule is O=c1ccc2c([nH]1)N=CCN2C1CCCCC1. The van der Waals surface area contributed by atoms with Crippen molar-refractivity contribution in [2.45, 2.75) is 38.1 Å². The number of aromatic nitrogens is 1. The van der Waals surface area contributed by atoms with E-state index in [9.17, 15) is 4.79 Å². The summed E-state index contributed by atoms with van der Waals surface area (Å²) in [5.74, 6) is 0.717. The van der Waals surface area contributed by atoms with E-state index in [0.717, 1.165) is 12.2 Å². The zero-order valence-electron chi connectivity index (χ0n) is 9.85. The first-order valence-electron chi connectivity index (χ1n) is 6.37. The molecule has 1 aliphatic carbocycles. The highest BCUT2D eigenvalue weighted by Crippen LogP contribution is 2.33. The van der Waals surface area contributed by atoms with E-state index in [1.807, 2.05) is 12.3 Å². The van der Waals surface area contributed by atoms with Gasteiger partial charge in [0, 0.05) is 18.3 Å². The average Bonchev–Trinajstić information content (AvgIpc) is 2.39. The Morgan fingerprint density at radius 3 is 2.88 bits per heavy atom. The molecule has 4 nitrogen and oxygen atoms in total. The minimum absolute atomic E-state index is 0.0774. The number of hydrogen-bond acceptors (Lipinski definition) is 3. The molecule has 1 fully saturated rings. The lowest BCUT2D eigenvalue weighted by molar-refractivity contribution is 0.423. The second-order valence-electron chi connectivity index (χ2n) is 4.81. The largest absolute Gasteiger partial charge is 0.360 e. The summed E-state index contributed by atoms with van der Waals surface area (Å²) in [6.45, 7) is 0.865. The molecule has 0 aromatic carbocycles. The van der Waals surface area contributed by atoms with Gasteiger partial charge in [0.15, 0.2) is 5.82 Å². The Hall–Kier alpha value is -1.58. The number of hydrogen-bond donors (Lipinski definition) is 1. The first kappa shape index (κ1) is 10.6. The predicted octanol–water partition coefficient (Wildman–Crippen LogP) is 2.23. The van der Waals surface area contributed by atoms with Crippen LogP contribution >= 0.6 is 0 Å². The van der Waals surface area contributed by atoms with Gasteiger partial charge in [-0.1, -0.05) is 19.3 Å². The van der Waals surface area contributed by atoms with Crippen molar-refractivity contribution in [3.8, 4) is 0 Å². The van der Waals surface area contributed by atoms with Crippen LogP contribution in [0.15, 0.2) is 21.9 Å². The normalized spacial score (nSPS) is 20.4. The third-order valence-corrected chi connectivity index (χ3v) is 3.70.